The molecule has 23 heavy (non-hydrogen) atoms. The lowest BCUT2D eigenvalue weighted by atomic mass is 9.71. The fourth-order valence-electron chi connectivity index (χ4n) is 3.46. The largest absolute Gasteiger partial charge is 0.417 e. The van der Waals surface area contributed by atoms with Gasteiger partial charge in [-0.2, -0.15) is 0 Å². The van der Waals surface area contributed by atoms with E-state index in [4.69, 9.17) is 8.85 Å². The second-order valence-electron chi connectivity index (χ2n) is 10.1. The Morgan fingerprint density at radius 2 is 1.30 bits per heavy atom. The Labute approximate surface area is 148 Å². The highest BCUT2D eigenvalue weighted by molar-refractivity contribution is 6.70. The van der Waals surface area contributed by atoms with Gasteiger partial charge in [-0.25, -0.2) is 0 Å². The molecule has 0 spiro atoms. The second-order valence-corrected chi connectivity index (χ2v) is 19.1. The van der Waals surface area contributed by atoms with E-state index in [1.165, 1.54) is 38.5 Å². The fourth-order valence-corrected chi connectivity index (χ4v) is 4.90. The van der Waals surface area contributed by atoms with Crippen molar-refractivity contribution in [3.63, 3.8) is 0 Å². The smallest absolute Gasteiger partial charge is 0.183 e. The summed E-state index contributed by atoms with van der Waals surface area (Å²) in [6.45, 7) is 20.4. The molecule has 0 bridgehead atoms. The van der Waals surface area contributed by atoms with Crippen LogP contribution in [0.2, 0.25) is 39.3 Å². The summed E-state index contributed by atoms with van der Waals surface area (Å²) in [6.07, 6.45) is 8.11. The SMILES string of the molecule is CC(C)CCC(CO[Si](C)(C)C)(CO[Si](C)(C)C)C1CCCC1. The van der Waals surface area contributed by atoms with E-state index in [1.807, 2.05) is 0 Å². The molecule has 0 aromatic carbocycles. The molecule has 1 rings (SSSR count). The molecule has 2 nitrogen and oxygen atoms in total. The molecular weight excluding hydrogens is 316 g/mol. The van der Waals surface area contributed by atoms with E-state index >= 15 is 0 Å². The van der Waals surface area contributed by atoms with Gasteiger partial charge >= 0.3 is 0 Å². The molecule has 0 N–H and O–H groups in total. The van der Waals surface area contributed by atoms with Gasteiger partial charge in [-0.05, 0) is 70.4 Å². The Kier molecular flexibility index (Phi) is 8.03. The number of hydrogen-bond acceptors (Lipinski definition) is 2. The van der Waals surface area contributed by atoms with Gasteiger partial charge in [0.2, 0.25) is 0 Å². The van der Waals surface area contributed by atoms with Crippen LogP contribution >= 0.6 is 0 Å². The minimum Gasteiger partial charge on any atom is -0.417 e. The van der Waals surface area contributed by atoms with E-state index in [9.17, 15) is 0 Å². The van der Waals surface area contributed by atoms with E-state index in [1.54, 1.807) is 0 Å². The van der Waals surface area contributed by atoms with Crippen LogP contribution in [0.1, 0.15) is 52.4 Å². The van der Waals surface area contributed by atoms with Gasteiger partial charge in [-0.3, -0.25) is 0 Å². The van der Waals surface area contributed by atoms with E-state index in [0.717, 1.165) is 25.0 Å². The van der Waals surface area contributed by atoms with Gasteiger partial charge in [-0.15, -0.1) is 0 Å². The zero-order chi connectivity index (χ0) is 17.7. The third-order valence-electron chi connectivity index (χ3n) is 5.03. The maximum absolute atomic E-state index is 6.48. The molecule has 0 saturated heterocycles. The zero-order valence-electron chi connectivity index (χ0n) is 17.1. The lowest BCUT2D eigenvalue weighted by Crippen LogP contribution is -2.45. The second kappa shape index (κ2) is 8.64. The minimum absolute atomic E-state index is 0.251. The first-order chi connectivity index (χ1) is 10.4. The van der Waals surface area contributed by atoms with Crippen LogP contribution in [0.5, 0.6) is 0 Å². The fraction of sp³-hybridized carbons (Fsp3) is 1.00. The zero-order valence-corrected chi connectivity index (χ0v) is 19.1. The molecule has 138 valence electrons. The molecule has 0 amide bonds. The van der Waals surface area contributed by atoms with Crippen LogP contribution in [0.4, 0.5) is 0 Å². The van der Waals surface area contributed by atoms with Gasteiger partial charge in [0.1, 0.15) is 0 Å². The molecule has 0 atom stereocenters. The third kappa shape index (κ3) is 8.32. The first-order valence-corrected chi connectivity index (χ1v) is 16.5. The first-order valence-electron chi connectivity index (χ1n) is 9.71. The lowest BCUT2D eigenvalue weighted by molar-refractivity contribution is 0.00789. The van der Waals surface area contributed by atoms with Gasteiger partial charge in [0, 0.05) is 18.6 Å². The van der Waals surface area contributed by atoms with Crippen molar-refractivity contribution < 1.29 is 8.85 Å². The van der Waals surface area contributed by atoms with Crippen molar-refractivity contribution in [2.75, 3.05) is 13.2 Å². The van der Waals surface area contributed by atoms with E-state index in [0.29, 0.717) is 0 Å². The van der Waals surface area contributed by atoms with Crippen LogP contribution in [0.15, 0.2) is 0 Å². The van der Waals surface area contributed by atoms with Gasteiger partial charge < -0.3 is 8.85 Å². The molecule has 1 saturated carbocycles. The van der Waals surface area contributed by atoms with Gasteiger partial charge in [0.15, 0.2) is 16.6 Å². The first kappa shape index (κ1) is 21.4. The third-order valence-corrected chi connectivity index (χ3v) is 7.05. The topological polar surface area (TPSA) is 18.5 Å². The molecule has 0 heterocycles. The Hall–Kier alpha value is 0.354. The summed E-state index contributed by atoms with van der Waals surface area (Å²) in [6, 6.07) is 0. The minimum atomic E-state index is -1.49. The summed E-state index contributed by atoms with van der Waals surface area (Å²) in [5, 5.41) is 0. The summed E-state index contributed by atoms with van der Waals surface area (Å²) >= 11 is 0. The van der Waals surface area contributed by atoms with Gasteiger partial charge in [0.05, 0.1) is 0 Å². The summed E-state index contributed by atoms with van der Waals surface area (Å²) < 4.78 is 13.0. The van der Waals surface area contributed by atoms with Gasteiger partial charge in [0.25, 0.3) is 0 Å². The molecule has 0 aromatic rings. The predicted octanol–water partition coefficient (Wildman–Crippen LogP) is 6.30. The molecule has 1 aliphatic carbocycles. The normalized spacial score (nSPS) is 18.1. The highest BCUT2D eigenvalue weighted by Crippen LogP contribution is 2.45. The number of hydrogen-bond donors (Lipinski definition) is 0. The van der Waals surface area contributed by atoms with Crippen LogP contribution in [0, 0.1) is 17.3 Å². The Morgan fingerprint density at radius 3 is 1.65 bits per heavy atom. The Balaban J connectivity index is 2.93. The van der Waals surface area contributed by atoms with Crippen molar-refractivity contribution in [1.29, 1.82) is 0 Å². The molecule has 1 aliphatic rings. The van der Waals surface area contributed by atoms with Crippen LogP contribution < -0.4 is 0 Å². The van der Waals surface area contributed by atoms with E-state index in [-0.39, 0.29) is 5.41 Å². The molecule has 4 heteroatoms. The van der Waals surface area contributed by atoms with Crippen molar-refractivity contribution in [3.05, 3.63) is 0 Å². The Bertz CT molecular complexity index is 318. The highest BCUT2D eigenvalue weighted by Gasteiger charge is 2.42. The monoisotopic (exact) mass is 358 g/mol. The van der Waals surface area contributed by atoms with E-state index in [2.05, 4.69) is 53.1 Å². The Morgan fingerprint density at radius 1 is 0.870 bits per heavy atom. The van der Waals surface area contributed by atoms with Crippen molar-refractivity contribution in [2.45, 2.75) is 91.7 Å². The van der Waals surface area contributed by atoms with Crippen molar-refractivity contribution >= 4 is 16.6 Å². The summed E-state index contributed by atoms with van der Waals surface area (Å²) in [4.78, 5) is 0. The van der Waals surface area contributed by atoms with Gasteiger partial charge in [-0.1, -0.05) is 33.1 Å². The number of rotatable bonds is 10. The average Bonchev–Trinajstić information content (AvgIpc) is 2.90. The average molecular weight is 359 g/mol. The lowest BCUT2D eigenvalue weighted by Gasteiger charge is -2.42. The maximum atomic E-state index is 6.48. The quantitative estimate of drug-likeness (QED) is 0.426. The van der Waals surface area contributed by atoms with Crippen molar-refractivity contribution in [3.8, 4) is 0 Å². The molecule has 0 aliphatic heterocycles. The molecule has 0 radical (unpaired) electrons. The van der Waals surface area contributed by atoms with Crippen LogP contribution in [-0.2, 0) is 8.85 Å². The standard InChI is InChI=1S/C19H42O2Si2/c1-17(2)13-14-19(15-20-22(3,4)5,16-21-23(6,7)8)18-11-9-10-12-18/h17-18H,9-16H2,1-8H3. The predicted molar refractivity (Wildman–Crippen MR) is 107 cm³/mol. The van der Waals surface area contributed by atoms with Crippen LogP contribution in [0.25, 0.3) is 0 Å². The van der Waals surface area contributed by atoms with Crippen LogP contribution in [-0.4, -0.2) is 29.8 Å². The molecule has 0 unspecified atom stereocenters. The summed E-state index contributed by atoms with van der Waals surface area (Å²) in [5.74, 6) is 1.56. The summed E-state index contributed by atoms with van der Waals surface area (Å²) in [7, 11) is -2.99. The van der Waals surface area contributed by atoms with Crippen LogP contribution in [0.3, 0.4) is 0 Å². The van der Waals surface area contributed by atoms with Crippen molar-refractivity contribution in [1.82, 2.24) is 0 Å². The van der Waals surface area contributed by atoms with Crippen molar-refractivity contribution in [2.24, 2.45) is 17.3 Å². The maximum Gasteiger partial charge on any atom is 0.183 e. The molecule has 0 aromatic heterocycles. The van der Waals surface area contributed by atoms with E-state index < -0.39 is 16.6 Å². The summed E-state index contributed by atoms with van der Waals surface area (Å²) in [5.41, 5.74) is 0.251. The molecule has 1 fully saturated rings. The highest BCUT2D eigenvalue weighted by atomic mass is 28.4. The molecular formula is C19H42O2Si2.